The monoisotopic (exact) mass is 369 g/mol. The van der Waals surface area contributed by atoms with Crippen LogP contribution in [-0.4, -0.2) is 44.8 Å². The Morgan fingerprint density at radius 2 is 1.67 bits per heavy atom. The van der Waals surface area contributed by atoms with Gasteiger partial charge in [0.2, 0.25) is 5.91 Å². The van der Waals surface area contributed by atoms with Crippen molar-refractivity contribution in [3.8, 4) is 0 Å². The van der Waals surface area contributed by atoms with Crippen molar-refractivity contribution >= 4 is 11.8 Å². The van der Waals surface area contributed by atoms with Crippen LogP contribution in [0.4, 0.5) is 4.39 Å². The number of rotatable bonds is 7. The van der Waals surface area contributed by atoms with E-state index in [0.29, 0.717) is 12.1 Å². The first-order valence-corrected chi connectivity index (χ1v) is 9.49. The molecular formula is C21H24FN3O2. The third-order valence-electron chi connectivity index (χ3n) is 5.34. The molecule has 6 heteroatoms. The lowest BCUT2D eigenvalue weighted by Crippen LogP contribution is -2.44. The zero-order chi connectivity index (χ0) is 19.0. The van der Waals surface area contributed by atoms with E-state index >= 15 is 0 Å². The van der Waals surface area contributed by atoms with Crippen LogP contribution >= 0.6 is 0 Å². The molecule has 0 radical (unpaired) electrons. The van der Waals surface area contributed by atoms with E-state index in [2.05, 4.69) is 0 Å². The highest BCUT2D eigenvalue weighted by Gasteiger charge is 2.38. The number of halogens is 1. The number of carbonyl (C=O) groups is 2. The van der Waals surface area contributed by atoms with Gasteiger partial charge in [-0.15, -0.1) is 0 Å². The van der Waals surface area contributed by atoms with Gasteiger partial charge in [-0.2, -0.15) is 0 Å². The Hall–Kier alpha value is -2.63. The molecular weight excluding hydrogens is 345 g/mol. The minimum absolute atomic E-state index is 0.0129. The lowest BCUT2D eigenvalue weighted by atomic mass is 10.2. The standard InChI is InChI=1S/C21H24FN3O2/c1-23-12-2-3-19(23)13-24(17-8-9-17)20(26)14-25(18-10-11-18)21(27)15-4-6-16(22)7-5-15/h2-7,12,17-18H,8-11,13-14H2,1H3. The van der Waals surface area contributed by atoms with Crippen molar-refractivity contribution in [1.82, 2.24) is 14.4 Å². The van der Waals surface area contributed by atoms with Crippen molar-refractivity contribution in [2.45, 2.75) is 44.3 Å². The minimum Gasteiger partial charge on any atom is -0.353 e. The Balaban J connectivity index is 1.48. The van der Waals surface area contributed by atoms with E-state index in [1.807, 2.05) is 34.8 Å². The Kier molecular flexibility index (Phi) is 4.72. The summed E-state index contributed by atoms with van der Waals surface area (Å²) in [7, 11) is 1.97. The molecule has 1 aromatic heterocycles. The van der Waals surface area contributed by atoms with Crippen LogP contribution in [0.25, 0.3) is 0 Å². The van der Waals surface area contributed by atoms with Crippen molar-refractivity contribution < 1.29 is 14.0 Å². The van der Waals surface area contributed by atoms with E-state index in [-0.39, 0.29) is 36.3 Å². The number of hydrogen-bond acceptors (Lipinski definition) is 2. The van der Waals surface area contributed by atoms with Gasteiger partial charge in [0.15, 0.2) is 0 Å². The smallest absolute Gasteiger partial charge is 0.254 e. The van der Waals surface area contributed by atoms with Crippen LogP contribution in [0.3, 0.4) is 0 Å². The molecule has 142 valence electrons. The number of nitrogens with zero attached hydrogens (tertiary/aromatic N) is 3. The third kappa shape index (κ3) is 4.04. The molecule has 0 N–H and O–H groups in total. The first kappa shape index (κ1) is 17.8. The first-order chi connectivity index (χ1) is 13.0. The van der Waals surface area contributed by atoms with Gasteiger partial charge in [-0.05, 0) is 62.1 Å². The van der Waals surface area contributed by atoms with E-state index < -0.39 is 0 Å². The van der Waals surface area contributed by atoms with E-state index in [0.717, 1.165) is 31.4 Å². The number of benzene rings is 1. The fourth-order valence-electron chi connectivity index (χ4n) is 3.39. The molecule has 2 aliphatic rings. The second kappa shape index (κ2) is 7.18. The fourth-order valence-corrected chi connectivity index (χ4v) is 3.39. The molecule has 2 saturated carbocycles. The quantitative estimate of drug-likeness (QED) is 0.753. The number of aryl methyl sites for hydroxylation is 1. The van der Waals surface area contributed by atoms with E-state index in [9.17, 15) is 14.0 Å². The highest BCUT2D eigenvalue weighted by Crippen LogP contribution is 2.31. The molecule has 1 heterocycles. The van der Waals surface area contributed by atoms with Crippen LogP contribution in [0.5, 0.6) is 0 Å². The molecule has 2 amide bonds. The average Bonchev–Trinajstić information content (AvgIpc) is 3.57. The maximum absolute atomic E-state index is 13.2. The zero-order valence-corrected chi connectivity index (χ0v) is 15.5. The SMILES string of the molecule is Cn1cccc1CN(C(=O)CN(C(=O)c1ccc(F)cc1)C1CC1)C1CC1. The Labute approximate surface area is 158 Å². The molecule has 1 aromatic carbocycles. The van der Waals surface area contributed by atoms with E-state index in [1.165, 1.54) is 24.3 Å². The van der Waals surface area contributed by atoms with Crippen molar-refractivity contribution in [1.29, 1.82) is 0 Å². The van der Waals surface area contributed by atoms with Gasteiger partial charge >= 0.3 is 0 Å². The van der Waals surface area contributed by atoms with Crippen LogP contribution < -0.4 is 0 Å². The number of carbonyl (C=O) groups excluding carboxylic acids is 2. The van der Waals surface area contributed by atoms with Gasteiger partial charge in [0.05, 0.1) is 6.54 Å². The molecule has 27 heavy (non-hydrogen) atoms. The molecule has 0 atom stereocenters. The predicted molar refractivity (Wildman–Crippen MR) is 99.4 cm³/mol. The summed E-state index contributed by atoms with van der Waals surface area (Å²) >= 11 is 0. The normalized spacial score (nSPS) is 16.2. The Bertz CT molecular complexity index is 837. The van der Waals surface area contributed by atoms with Gasteiger partial charge in [-0.25, -0.2) is 4.39 Å². The molecule has 5 nitrogen and oxygen atoms in total. The zero-order valence-electron chi connectivity index (χ0n) is 15.5. The van der Waals surface area contributed by atoms with Crippen molar-refractivity contribution in [2.75, 3.05) is 6.54 Å². The fraction of sp³-hybridized carbons (Fsp3) is 0.429. The Morgan fingerprint density at radius 1 is 1.04 bits per heavy atom. The number of amides is 2. The summed E-state index contributed by atoms with van der Waals surface area (Å²) in [6, 6.07) is 9.92. The maximum Gasteiger partial charge on any atom is 0.254 e. The summed E-state index contributed by atoms with van der Waals surface area (Å²) in [5.41, 5.74) is 1.51. The Morgan fingerprint density at radius 3 is 2.22 bits per heavy atom. The molecule has 0 aliphatic heterocycles. The van der Waals surface area contributed by atoms with Crippen LogP contribution in [0, 0.1) is 5.82 Å². The lowest BCUT2D eigenvalue weighted by molar-refractivity contribution is -0.133. The molecule has 2 aromatic rings. The molecule has 2 fully saturated rings. The minimum atomic E-state index is -0.372. The summed E-state index contributed by atoms with van der Waals surface area (Å²) < 4.78 is 15.2. The maximum atomic E-state index is 13.2. The summed E-state index contributed by atoms with van der Waals surface area (Å²) in [5, 5.41) is 0. The largest absolute Gasteiger partial charge is 0.353 e. The number of hydrogen-bond donors (Lipinski definition) is 0. The van der Waals surface area contributed by atoms with Crippen molar-refractivity contribution in [3.05, 3.63) is 59.7 Å². The van der Waals surface area contributed by atoms with Gasteiger partial charge in [-0.1, -0.05) is 0 Å². The van der Waals surface area contributed by atoms with Crippen LogP contribution in [0.1, 0.15) is 41.7 Å². The van der Waals surface area contributed by atoms with E-state index in [4.69, 9.17) is 0 Å². The van der Waals surface area contributed by atoms with Gasteiger partial charge in [0.25, 0.3) is 5.91 Å². The van der Waals surface area contributed by atoms with Crippen LogP contribution in [0.2, 0.25) is 0 Å². The van der Waals surface area contributed by atoms with E-state index in [1.54, 1.807) is 4.90 Å². The summed E-state index contributed by atoms with van der Waals surface area (Å²) in [6.45, 7) is 0.651. The highest BCUT2D eigenvalue weighted by atomic mass is 19.1. The first-order valence-electron chi connectivity index (χ1n) is 9.49. The lowest BCUT2D eigenvalue weighted by Gasteiger charge is -2.28. The van der Waals surface area contributed by atoms with Gasteiger partial charge < -0.3 is 14.4 Å². The number of aromatic nitrogens is 1. The summed E-state index contributed by atoms with van der Waals surface area (Å²) in [5.74, 6) is -0.579. The van der Waals surface area contributed by atoms with Gasteiger partial charge in [0, 0.05) is 36.6 Å². The topological polar surface area (TPSA) is 45.6 Å². The average molecular weight is 369 g/mol. The summed E-state index contributed by atoms with van der Waals surface area (Å²) in [6.07, 6.45) is 5.85. The second-order valence-corrected chi connectivity index (χ2v) is 7.53. The molecule has 0 saturated heterocycles. The second-order valence-electron chi connectivity index (χ2n) is 7.53. The summed E-state index contributed by atoms with van der Waals surface area (Å²) in [4.78, 5) is 29.5. The third-order valence-corrected chi connectivity index (χ3v) is 5.34. The molecule has 2 aliphatic carbocycles. The van der Waals surface area contributed by atoms with Crippen LogP contribution in [-0.2, 0) is 18.4 Å². The van der Waals surface area contributed by atoms with Crippen LogP contribution in [0.15, 0.2) is 42.6 Å². The van der Waals surface area contributed by atoms with Crippen molar-refractivity contribution in [2.24, 2.45) is 7.05 Å². The predicted octanol–water partition coefficient (Wildman–Crippen LogP) is 2.96. The molecule has 0 spiro atoms. The molecule has 0 bridgehead atoms. The van der Waals surface area contributed by atoms with Crippen molar-refractivity contribution in [3.63, 3.8) is 0 Å². The van der Waals surface area contributed by atoms with Gasteiger partial charge in [0.1, 0.15) is 12.4 Å². The molecule has 0 unspecified atom stereocenters. The van der Waals surface area contributed by atoms with Gasteiger partial charge in [-0.3, -0.25) is 9.59 Å². The highest BCUT2D eigenvalue weighted by molar-refractivity contribution is 5.97. The molecule has 4 rings (SSSR count).